The molecule has 0 atom stereocenters. The van der Waals surface area contributed by atoms with E-state index < -0.39 is 0 Å². The number of halogens is 1. The first-order valence-corrected chi connectivity index (χ1v) is 3.75. The molecule has 0 aliphatic heterocycles. The maximum Gasteiger partial charge on any atom is 0.242 e. The predicted octanol–water partition coefficient (Wildman–Crippen LogP) is 1.22. The van der Waals surface area contributed by atoms with Crippen molar-refractivity contribution < 1.29 is 4.79 Å². The molecule has 1 aromatic heterocycles. The third kappa shape index (κ3) is 1.74. The molecule has 1 rings (SSSR count). The van der Waals surface area contributed by atoms with E-state index in [9.17, 15) is 4.79 Å². The summed E-state index contributed by atoms with van der Waals surface area (Å²) in [6.45, 7) is 0. The van der Waals surface area contributed by atoms with Gasteiger partial charge in [-0.15, -0.1) is 11.6 Å². The van der Waals surface area contributed by atoms with E-state index in [0.29, 0.717) is 0 Å². The molecule has 0 saturated carbocycles. The number of hydrogen-bond acceptors (Lipinski definition) is 1. The van der Waals surface area contributed by atoms with Crippen LogP contribution < -0.4 is 4.90 Å². The number of aromatic amines is 1. The zero-order valence-electron chi connectivity index (χ0n) is 6.17. The van der Waals surface area contributed by atoms with E-state index >= 15 is 0 Å². The van der Waals surface area contributed by atoms with Crippen LogP contribution in [-0.4, -0.2) is 23.8 Å². The molecular formula is C7H9ClN2O. The minimum Gasteiger partial charge on any atom is -0.348 e. The van der Waals surface area contributed by atoms with Crippen molar-refractivity contribution in [3.63, 3.8) is 0 Å². The van der Waals surface area contributed by atoms with E-state index in [-0.39, 0.29) is 11.8 Å². The minimum atomic E-state index is -0.117. The topological polar surface area (TPSA) is 36.1 Å². The monoisotopic (exact) mass is 172 g/mol. The highest BCUT2D eigenvalue weighted by molar-refractivity contribution is 6.29. The number of H-pyrrole nitrogens is 1. The number of nitrogens with zero attached hydrogens (tertiary/aromatic N) is 1. The maximum atomic E-state index is 11.0. The lowest BCUT2D eigenvalue weighted by Crippen LogP contribution is -2.27. The van der Waals surface area contributed by atoms with Crippen molar-refractivity contribution in [1.82, 2.24) is 4.98 Å². The third-order valence-corrected chi connectivity index (χ3v) is 1.66. The number of hydrogen-bond donors (Lipinski definition) is 1. The Bertz CT molecular complexity index is 233. The third-order valence-electron chi connectivity index (χ3n) is 1.43. The molecule has 0 aliphatic carbocycles. The molecule has 1 aromatic rings. The molecule has 0 radical (unpaired) electrons. The normalized spacial score (nSPS) is 9.64. The maximum absolute atomic E-state index is 11.0. The second-order valence-electron chi connectivity index (χ2n) is 2.14. The van der Waals surface area contributed by atoms with Gasteiger partial charge in [-0.05, 0) is 12.1 Å². The first kappa shape index (κ1) is 8.14. The van der Waals surface area contributed by atoms with Crippen molar-refractivity contribution in [3.05, 3.63) is 18.3 Å². The highest BCUT2D eigenvalue weighted by Crippen LogP contribution is 2.07. The summed E-state index contributed by atoms with van der Waals surface area (Å²) in [6.07, 6.45) is 1.76. The van der Waals surface area contributed by atoms with Crippen molar-refractivity contribution in [2.75, 3.05) is 17.8 Å². The number of aromatic nitrogens is 1. The number of carbonyl (C=O) groups excluding carboxylic acids is 1. The Labute approximate surface area is 70.0 Å². The van der Waals surface area contributed by atoms with Gasteiger partial charge in [0.1, 0.15) is 11.7 Å². The Balaban J connectivity index is 2.70. The van der Waals surface area contributed by atoms with Crippen LogP contribution in [0.5, 0.6) is 0 Å². The van der Waals surface area contributed by atoms with Gasteiger partial charge >= 0.3 is 0 Å². The molecule has 0 fully saturated rings. The number of alkyl halides is 1. The molecule has 1 N–H and O–H groups in total. The molecular weight excluding hydrogens is 164 g/mol. The standard InChI is InChI=1S/C7H9ClN2O/c1-10(7(11)5-8)6-3-2-4-9-6/h2-4,9H,5H2,1H3. The molecule has 0 saturated heterocycles. The Kier molecular flexibility index (Phi) is 2.54. The largest absolute Gasteiger partial charge is 0.348 e. The summed E-state index contributed by atoms with van der Waals surface area (Å²) in [4.78, 5) is 15.4. The van der Waals surface area contributed by atoms with Gasteiger partial charge in [0.25, 0.3) is 0 Å². The highest BCUT2D eigenvalue weighted by Gasteiger charge is 2.08. The van der Waals surface area contributed by atoms with Gasteiger partial charge in [-0.2, -0.15) is 0 Å². The van der Waals surface area contributed by atoms with E-state index in [1.54, 1.807) is 13.2 Å². The molecule has 11 heavy (non-hydrogen) atoms. The van der Waals surface area contributed by atoms with E-state index in [0.717, 1.165) is 5.82 Å². The van der Waals surface area contributed by atoms with Crippen molar-refractivity contribution in [3.8, 4) is 0 Å². The van der Waals surface area contributed by atoms with Crippen molar-refractivity contribution in [2.24, 2.45) is 0 Å². The van der Waals surface area contributed by atoms with Crippen LogP contribution in [0.4, 0.5) is 5.82 Å². The van der Waals surface area contributed by atoms with Crippen molar-refractivity contribution >= 4 is 23.3 Å². The summed E-state index contributed by atoms with van der Waals surface area (Å²) in [5, 5.41) is 0. The van der Waals surface area contributed by atoms with Crippen molar-refractivity contribution in [2.45, 2.75) is 0 Å². The van der Waals surface area contributed by atoms with Gasteiger partial charge in [0.15, 0.2) is 0 Å². The SMILES string of the molecule is CN(C(=O)CCl)c1ccc[nH]1. The van der Waals surface area contributed by atoms with Crippen LogP contribution in [0, 0.1) is 0 Å². The molecule has 3 nitrogen and oxygen atoms in total. The van der Waals surface area contributed by atoms with Crippen LogP contribution in [0.15, 0.2) is 18.3 Å². The average Bonchev–Trinajstić information content (AvgIpc) is 2.53. The van der Waals surface area contributed by atoms with Gasteiger partial charge in [0, 0.05) is 13.2 Å². The minimum absolute atomic E-state index is 0.00944. The fourth-order valence-electron chi connectivity index (χ4n) is 0.753. The average molecular weight is 173 g/mol. The smallest absolute Gasteiger partial charge is 0.242 e. The molecule has 0 bridgehead atoms. The summed E-state index contributed by atoms with van der Waals surface area (Å²) < 4.78 is 0. The molecule has 0 aromatic carbocycles. The summed E-state index contributed by atoms with van der Waals surface area (Å²) >= 11 is 5.36. The van der Waals surface area contributed by atoms with Crippen LogP contribution in [0.3, 0.4) is 0 Å². The van der Waals surface area contributed by atoms with Gasteiger partial charge in [-0.3, -0.25) is 4.79 Å². The van der Waals surface area contributed by atoms with Crippen LogP contribution in [0.2, 0.25) is 0 Å². The van der Waals surface area contributed by atoms with Crippen LogP contribution in [-0.2, 0) is 4.79 Å². The van der Waals surface area contributed by atoms with Crippen LogP contribution >= 0.6 is 11.6 Å². The number of nitrogens with one attached hydrogen (secondary N) is 1. The Morgan fingerprint density at radius 2 is 2.55 bits per heavy atom. The summed E-state index contributed by atoms with van der Waals surface area (Å²) in [5.74, 6) is 0.653. The van der Waals surface area contributed by atoms with E-state index in [4.69, 9.17) is 11.6 Å². The Morgan fingerprint density at radius 1 is 1.82 bits per heavy atom. The number of carbonyl (C=O) groups is 1. The Morgan fingerprint density at radius 3 is 3.00 bits per heavy atom. The summed E-state index contributed by atoms with van der Waals surface area (Å²) in [6, 6.07) is 3.64. The number of anilines is 1. The summed E-state index contributed by atoms with van der Waals surface area (Å²) in [7, 11) is 1.68. The number of rotatable bonds is 2. The predicted molar refractivity (Wildman–Crippen MR) is 44.9 cm³/mol. The quantitative estimate of drug-likeness (QED) is 0.669. The van der Waals surface area contributed by atoms with Gasteiger partial charge in [0.2, 0.25) is 5.91 Å². The Hall–Kier alpha value is -0.960. The number of amides is 1. The first-order chi connectivity index (χ1) is 5.25. The van der Waals surface area contributed by atoms with Crippen molar-refractivity contribution in [1.29, 1.82) is 0 Å². The molecule has 0 aliphatic rings. The van der Waals surface area contributed by atoms with Gasteiger partial charge < -0.3 is 9.88 Å². The van der Waals surface area contributed by atoms with E-state index in [2.05, 4.69) is 4.98 Å². The zero-order chi connectivity index (χ0) is 8.27. The lowest BCUT2D eigenvalue weighted by Gasteiger charge is -2.12. The van der Waals surface area contributed by atoms with Gasteiger partial charge in [-0.25, -0.2) is 0 Å². The second kappa shape index (κ2) is 3.44. The fraction of sp³-hybridized carbons (Fsp3) is 0.286. The van der Waals surface area contributed by atoms with E-state index in [1.165, 1.54) is 4.90 Å². The van der Waals surface area contributed by atoms with E-state index in [1.807, 2.05) is 12.1 Å². The molecule has 0 unspecified atom stereocenters. The summed E-state index contributed by atoms with van der Waals surface area (Å²) in [5.41, 5.74) is 0. The van der Waals surface area contributed by atoms with Crippen LogP contribution in [0.1, 0.15) is 0 Å². The molecule has 1 heterocycles. The highest BCUT2D eigenvalue weighted by atomic mass is 35.5. The molecule has 0 spiro atoms. The first-order valence-electron chi connectivity index (χ1n) is 3.21. The lowest BCUT2D eigenvalue weighted by atomic mass is 10.5. The molecule has 4 heteroatoms. The lowest BCUT2D eigenvalue weighted by molar-refractivity contribution is -0.116. The van der Waals surface area contributed by atoms with Gasteiger partial charge in [-0.1, -0.05) is 0 Å². The van der Waals surface area contributed by atoms with Crippen LogP contribution in [0.25, 0.3) is 0 Å². The zero-order valence-corrected chi connectivity index (χ0v) is 6.93. The van der Waals surface area contributed by atoms with Gasteiger partial charge in [0.05, 0.1) is 0 Å². The second-order valence-corrected chi connectivity index (χ2v) is 2.41. The molecule has 1 amide bonds. The fourth-order valence-corrected chi connectivity index (χ4v) is 0.933. The molecule has 60 valence electrons.